The number of carbonyl (C=O) groups is 1. The third-order valence-electron chi connectivity index (χ3n) is 2.88. The van der Waals surface area contributed by atoms with E-state index in [2.05, 4.69) is 10.1 Å². The lowest BCUT2D eigenvalue weighted by Crippen LogP contribution is -2.00. The van der Waals surface area contributed by atoms with Gasteiger partial charge in [0.25, 0.3) is 0 Å². The number of rotatable bonds is 3. The molecule has 2 N–H and O–H groups in total. The van der Waals surface area contributed by atoms with Gasteiger partial charge in [0.1, 0.15) is 11.3 Å². The number of fused-ring (bicyclic) bond motifs is 1. The van der Waals surface area contributed by atoms with Crippen molar-refractivity contribution in [3.05, 3.63) is 48.4 Å². The Kier molecular flexibility index (Phi) is 2.83. The average molecular weight is 268 g/mol. The first kappa shape index (κ1) is 12.2. The second-order valence-electron chi connectivity index (χ2n) is 4.31. The van der Waals surface area contributed by atoms with Crippen molar-refractivity contribution in [2.45, 2.75) is 6.92 Å². The highest BCUT2D eigenvalue weighted by molar-refractivity contribution is 5.97. The van der Waals surface area contributed by atoms with Gasteiger partial charge >= 0.3 is 0 Å². The van der Waals surface area contributed by atoms with Crippen LogP contribution in [0.4, 0.5) is 5.69 Å². The van der Waals surface area contributed by atoms with Crippen LogP contribution in [-0.2, 0) is 0 Å². The van der Waals surface area contributed by atoms with Gasteiger partial charge in [0, 0.05) is 18.1 Å². The van der Waals surface area contributed by atoms with E-state index in [0.717, 1.165) is 5.52 Å². The lowest BCUT2D eigenvalue weighted by molar-refractivity contribution is 0.101. The van der Waals surface area contributed by atoms with Crippen LogP contribution >= 0.6 is 0 Å². The van der Waals surface area contributed by atoms with Crippen molar-refractivity contribution in [1.29, 1.82) is 0 Å². The van der Waals surface area contributed by atoms with E-state index in [1.807, 2.05) is 0 Å². The summed E-state index contributed by atoms with van der Waals surface area (Å²) in [5.74, 6) is 0.693. The first-order chi connectivity index (χ1) is 9.65. The molecule has 0 fully saturated rings. The van der Waals surface area contributed by atoms with Crippen molar-refractivity contribution in [3.8, 4) is 11.6 Å². The molecular weight excluding hydrogens is 256 g/mol. The smallest absolute Gasteiger partial charge is 0.245 e. The fourth-order valence-corrected chi connectivity index (χ4v) is 1.93. The van der Waals surface area contributed by atoms with Gasteiger partial charge in [-0.25, -0.2) is 9.50 Å². The van der Waals surface area contributed by atoms with Crippen molar-refractivity contribution in [1.82, 2.24) is 14.6 Å². The number of nitrogens with two attached hydrogens (primary N) is 1. The Labute approximate surface area is 114 Å². The molecule has 3 aromatic rings. The summed E-state index contributed by atoms with van der Waals surface area (Å²) in [6.07, 6.45) is 4.95. The summed E-state index contributed by atoms with van der Waals surface area (Å²) in [5, 5.41) is 4.10. The molecule has 2 aromatic heterocycles. The van der Waals surface area contributed by atoms with Crippen molar-refractivity contribution in [3.63, 3.8) is 0 Å². The number of nitrogen functional groups attached to an aromatic ring is 1. The number of anilines is 1. The predicted octanol–water partition coefficient (Wildman–Crippen LogP) is 2.31. The topological polar surface area (TPSA) is 82.5 Å². The Hall–Kier alpha value is -2.89. The van der Waals surface area contributed by atoms with E-state index < -0.39 is 0 Å². The minimum atomic E-state index is -0.118. The zero-order valence-corrected chi connectivity index (χ0v) is 10.8. The number of ether oxygens (including phenoxy) is 1. The molecule has 0 saturated carbocycles. The van der Waals surface area contributed by atoms with Gasteiger partial charge in [-0.1, -0.05) is 0 Å². The number of Topliss-reactive ketones (excluding diaryl/α,β-unsaturated/α-hetero) is 1. The van der Waals surface area contributed by atoms with Crippen LogP contribution in [0.1, 0.15) is 17.3 Å². The molecule has 0 unspecified atom stereocenters. The van der Waals surface area contributed by atoms with Crippen LogP contribution in [-0.4, -0.2) is 20.4 Å². The highest BCUT2D eigenvalue weighted by Crippen LogP contribution is 2.28. The maximum atomic E-state index is 11.6. The van der Waals surface area contributed by atoms with Gasteiger partial charge in [-0.15, -0.1) is 0 Å². The number of nitrogens with zero attached hydrogens (tertiary/aromatic N) is 3. The lowest BCUT2D eigenvalue weighted by atomic mass is 10.1. The van der Waals surface area contributed by atoms with Crippen LogP contribution in [0.5, 0.6) is 11.6 Å². The lowest BCUT2D eigenvalue weighted by Gasteiger charge is -2.10. The molecule has 100 valence electrons. The molecule has 0 bridgehead atoms. The molecule has 0 aliphatic carbocycles. The molecule has 0 spiro atoms. The second-order valence-corrected chi connectivity index (χ2v) is 4.31. The van der Waals surface area contributed by atoms with Crippen molar-refractivity contribution < 1.29 is 9.53 Å². The molecule has 6 nitrogen and oxygen atoms in total. The van der Waals surface area contributed by atoms with Gasteiger partial charge in [0.15, 0.2) is 5.78 Å². The quantitative estimate of drug-likeness (QED) is 0.582. The standard InChI is InChI=1S/C14H12N4O2/c1-9(19)11-8-10(15)2-3-13(11)20-14-12-4-5-17-18(12)7-6-16-14/h2-8H,15H2,1H3. The van der Waals surface area contributed by atoms with Gasteiger partial charge in [0.2, 0.25) is 5.88 Å². The number of hydrogen-bond acceptors (Lipinski definition) is 5. The van der Waals surface area contributed by atoms with E-state index >= 15 is 0 Å². The van der Waals surface area contributed by atoms with Gasteiger partial charge in [0.05, 0.1) is 11.8 Å². The third kappa shape index (κ3) is 2.07. The van der Waals surface area contributed by atoms with Crippen LogP contribution in [0, 0.1) is 0 Å². The fraction of sp³-hybridized carbons (Fsp3) is 0.0714. The Morgan fingerprint density at radius 3 is 2.95 bits per heavy atom. The summed E-state index contributed by atoms with van der Waals surface area (Å²) in [4.78, 5) is 15.8. The van der Waals surface area contributed by atoms with Gasteiger partial charge in [-0.2, -0.15) is 5.10 Å². The second kappa shape index (κ2) is 4.65. The Bertz CT molecular complexity index is 795. The summed E-state index contributed by atoms with van der Waals surface area (Å²) >= 11 is 0. The van der Waals surface area contributed by atoms with E-state index in [1.54, 1.807) is 47.4 Å². The molecule has 2 heterocycles. The van der Waals surface area contributed by atoms with Crippen LogP contribution in [0.2, 0.25) is 0 Å². The van der Waals surface area contributed by atoms with E-state index in [-0.39, 0.29) is 5.78 Å². The van der Waals surface area contributed by atoms with Crippen LogP contribution < -0.4 is 10.5 Å². The molecular formula is C14H12N4O2. The fourth-order valence-electron chi connectivity index (χ4n) is 1.93. The third-order valence-corrected chi connectivity index (χ3v) is 2.88. The van der Waals surface area contributed by atoms with Crippen LogP contribution in [0.15, 0.2) is 42.9 Å². The van der Waals surface area contributed by atoms with Gasteiger partial charge < -0.3 is 10.5 Å². The molecule has 0 saturated heterocycles. The zero-order valence-electron chi connectivity index (χ0n) is 10.8. The largest absolute Gasteiger partial charge is 0.436 e. The summed E-state index contributed by atoms with van der Waals surface area (Å²) in [5.41, 5.74) is 7.35. The van der Waals surface area contributed by atoms with Gasteiger partial charge in [-0.05, 0) is 31.2 Å². The van der Waals surface area contributed by atoms with Crippen molar-refractivity contribution in [2.75, 3.05) is 5.73 Å². The first-order valence-electron chi connectivity index (χ1n) is 6.02. The molecule has 0 radical (unpaired) electrons. The number of carbonyl (C=O) groups excluding carboxylic acids is 1. The molecule has 6 heteroatoms. The van der Waals surface area contributed by atoms with E-state index in [9.17, 15) is 4.79 Å². The molecule has 20 heavy (non-hydrogen) atoms. The number of ketones is 1. The van der Waals surface area contributed by atoms with E-state index in [0.29, 0.717) is 22.9 Å². The number of benzene rings is 1. The highest BCUT2D eigenvalue weighted by Gasteiger charge is 2.12. The molecule has 0 atom stereocenters. The normalized spacial score (nSPS) is 10.7. The average Bonchev–Trinajstić information content (AvgIpc) is 2.90. The maximum Gasteiger partial charge on any atom is 0.245 e. The minimum absolute atomic E-state index is 0.118. The van der Waals surface area contributed by atoms with Crippen molar-refractivity contribution >= 4 is 17.0 Å². The first-order valence-corrected chi connectivity index (χ1v) is 6.02. The summed E-state index contributed by atoms with van der Waals surface area (Å²) in [7, 11) is 0. The Morgan fingerprint density at radius 1 is 1.30 bits per heavy atom. The Balaban J connectivity index is 2.07. The number of hydrogen-bond donors (Lipinski definition) is 1. The minimum Gasteiger partial charge on any atom is -0.436 e. The predicted molar refractivity (Wildman–Crippen MR) is 73.9 cm³/mol. The summed E-state index contributed by atoms with van der Waals surface area (Å²) < 4.78 is 7.39. The monoisotopic (exact) mass is 268 g/mol. The maximum absolute atomic E-state index is 11.6. The highest BCUT2D eigenvalue weighted by atomic mass is 16.5. The molecule has 0 aliphatic heterocycles. The number of aromatic nitrogens is 3. The zero-order chi connectivity index (χ0) is 14.1. The van der Waals surface area contributed by atoms with Crippen LogP contribution in [0.3, 0.4) is 0 Å². The van der Waals surface area contributed by atoms with E-state index in [1.165, 1.54) is 6.92 Å². The molecule has 3 rings (SSSR count). The molecule has 0 aliphatic rings. The Morgan fingerprint density at radius 2 is 2.15 bits per heavy atom. The van der Waals surface area contributed by atoms with Crippen LogP contribution in [0.25, 0.3) is 5.52 Å². The molecule has 1 aromatic carbocycles. The van der Waals surface area contributed by atoms with E-state index in [4.69, 9.17) is 10.5 Å². The summed E-state index contributed by atoms with van der Waals surface area (Å²) in [6.45, 7) is 1.47. The SMILES string of the molecule is CC(=O)c1cc(N)ccc1Oc1nccn2nccc12. The van der Waals surface area contributed by atoms with Gasteiger partial charge in [-0.3, -0.25) is 4.79 Å². The molecule has 0 amide bonds. The summed E-state index contributed by atoms with van der Waals surface area (Å²) in [6, 6.07) is 6.72. The van der Waals surface area contributed by atoms with Crippen molar-refractivity contribution in [2.24, 2.45) is 0 Å².